The van der Waals surface area contributed by atoms with E-state index in [1.807, 2.05) is 16.8 Å². The van der Waals surface area contributed by atoms with Gasteiger partial charge in [0.2, 0.25) is 0 Å². The second-order valence-corrected chi connectivity index (χ2v) is 5.33. The van der Waals surface area contributed by atoms with Crippen LogP contribution in [0.2, 0.25) is 5.02 Å². The van der Waals surface area contributed by atoms with Crippen LogP contribution in [-0.2, 0) is 0 Å². The number of aryl methyl sites for hydroxylation is 1. The molecule has 0 spiro atoms. The molecule has 0 saturated heterocycles. The van der Waals surface area contributed by atoms with Gasteiger partial charge in [-0.2, -0.15) is 5.10 Å². The summed E-state index contributed by atoms with van der Waals surface area (Å²) in [4.78, 5) is 0. The number of hydrogen-bond acceptors (Lipinski definition) is 3. The van der Waals surface area contributed by atoms with Crippen LogP contribution in [-0.4, -0.2) is 9.78 Å². The molecule has 1 aromatic carbocycles. The third-order valence-electron chi connectivity index (χ3n) is 3.13. The topological polar surface area (TPSA) is 55.9 Å². The van der Waals surface area contributed by atoms with Gasteiger partial charge < -0.3 is 0 Å². The van der Waals surface area contributed by atoms with Gasteiger partial charge in [0.1, 0.15) is 0 Å². The number of nitrogens with two attached hydrogens (primary N) is 1. The maximum Gasteiger partial charge on any atom is 0.0893 e. The highest BCUT2D eigenvalue weighted by atomic mass is 35.5. The van der Waals surface area contributed by atoms with Crippen LogP contribution in [0.4, 0.5) is 0 Å². The summed E-state index contributed by atoms with van der Waals surface area (Å²) < 4.78 is 1.90. The molecule has 2 rings (SSSR count). The Bertz CT molecular complexity index is 545. The largest absolute Gasteiger partial charge is 0.271 e. The first kappa shape index (κ1) is 14.1. The van der Waals surface area contributed by atoms with Crippen molar-refractivity contribution in [3.05, 3.63) is 52.3 Å². The van der Waals surface area contributed by atoms with Crippen molar-refractivity contribution in [1.82, 2.24) is 15.2 Å². The average Bonchev–Trinajstić information content (AvgIpc) is 2.75. The fourth-order valence-corrected chi connectivity index (χ4v) is 2.36. The van der Waals surface area contributed by atoms with Gasteiger partial charge in [-0.05, 0) is 26.3 Å². The molecule has 0 fully saturated rings. The number of nitrogens with one attached hydrogen (secondary N) is 1. The van der Waals surface area contributed by atoms with Gasteiger partial charge in [0.15, 0.2) is 0 Å². The maximum absolute atomic E-state index is 6.26. The molecule has 0 amide bonds. The Kier molecular flexibility index (Phi) is 4.24. The summed E-state index contributed by atoms with van der Waals surface area (Å²) in [7, 11) is 0. The van der Waals surface area contributed by atoms with E-state index in [2.05, 4.69) is 43.4 Å². The molecular weight excluding hydrogens is 260 g/mol. The average molecular weight is 279 g/mol. The Morgan fingerprint density at radius 1 is 1.26 bits per heavy atom. The van der Waals surface area contributed by atoms with Crippen molar-refractivity contribution < 1.29 is 0 Å². The highest BCUT2D eigenvalue weighted by molar-refractivity contribution is 6.31. The number of hydrogen-bond donors (Lipinski definition) is 2. The van der Waals surface area contributed by atoms with E-state index in [4.69, 9.17) is 17.4 Å². The maximum atomic E-state index is 6.26. The van der Waals surface area contributed by atoms with Crippen molar-refractivity contribution in [3.63, 3.8) is 0 Å². The highest BCUT2D eigenvalue weighted by Crippen LogP contribution is 2.29. The van der Waals surface area contributed by atoms with Gasteiger partial charge in [-0.1, -0.05) is 41.4 Å². The van der Waals surface area contributed by atoms with Crippen molar-refractivity contribution in [2.24, 2.45) is 5.84 Å². The minimum atomic E-state index is -0.169. The normalized spacial score (nSPS) is 12.9. The van der Waals surface area contributed by atoms with Gasteiger partial charge in [0.25, 0.3) is 0 Å². The monoisotopic (exact) mass is 278 g/mol. The molecule has 0 aliphatic carbocycles. The molecule has 4 nitrogen and oxygen atoms in total. The molecule has 2 aromatic rings. The second kappa shape index (κ2) is 5.74. The van der Waals surface area contributed by atoms with Gasteiger partial charge in [-0.3, -0.25) is 10.5 Å². The van der Waals surface area contributed by atoms with Crippen LogP contribution in [0.3, 0.4) is 0 Å². The predicted octanol–water partition coefficient (Wildman–Crippen LogP) is 2.98. The first-order chi connectivity index (χ1) is 9.04. The van der Waals surface area contributed by atoms with Gasteiger partial charge in [0, 0.05) is 6.04 Å². The predicted molar refractivity (Wildman–Crippen MR) is 78.0 cm³/mol. The van der Waals surface area contributed by atoms with Crippen LogP contribution >= 0.6 is 11.6 Å². The lowest BCUT2D eigenvalue weighted by atomic mass is 10.0. The molecule has 3 N–H and O–H groups in total. The van der Waals surface area contributed by atoms with Crippen molar-refractivity contribution >= 4 is 11.6 Å². The van der Waals surface area contributed by atoms with E-state index in [1.165, 1.54) is 5.56 Å². The van der Waals surface area contributed by atoms with Crippen LogP contribution in [0.1, 0.15) is 42.8 Å². The SMILES string of the molecule is Cc1ccc(C(NN)c2c(Cl)cnn2C(C)C)cc1. The van der Waals surface area contributed by atoms with Crippen LogP contribution in [0.25, 0.3) is 0 Å². The summed E-state index contributed by atoms with van der Waals surface area (Å²) in [6, 6.07) is 8.27. The van der Waals surface area contributed by atoms with Crippen LogP contribution in [0.15, 0.2) is 30.5 Å². The van der Waals surface area contributed by atoms with Gasteiger partial charge in [-0.15, -0.1) is 0 Å². The van der Waals surface area contributed by atoms with E-state index >= 15 is 0 Å². The molecule has 1 aromatic heterocycles. The molecule has 19 heavy (non-hydrogen) atoms. The fourth-order valence-electron chi connectivity index (χ4n) is 2.12. The molecule has 0 saturated carbocycles. The van der Waals surface area contributed by atoms with Crippen molar-refractivity contribution in [1.29, 1.82) is 0 Å². The van der Waals surface area contributed by atoms with Gasteiger partial charge >= 0.3 is 0 Å². The zero-order valence-corrected chi connectivity index (χ0v) is 12.1. The first-order valence-corrected chi connectivity index (χ1v) is 6.68. The zero-order valence-electron chi connectivity index (χ0n) is 11.4. The number of benzene rings is 1. The molecular formula is C14H19ClN4. The Hall–Kier alpha value is -1.36. The molecule has 1 unspecified atom stereocenters. The Balaban J connectivity index is 2.47. The lowest BCUT2D eigenvalue weighted by molar-refractivity contribution is 0.476. The smallest absolute Gasteiger partial charge is 0.0893 e. The van der Waals surface area contributed by atoms with E-state index in [-0.39, 0.29) is 12.1 Å². The second-order valence-electron chi connectivity index (χ2n) is 4.93. The first-order valence-electron chi connectivity index (χ1n) is 6.30. The third kappa shape index (κ3) is 2.81. The highest BCUT2D eigenvalue weighted by Gasteiger charge is 2.22. The molecule has 0 aliphatic heterocycles. The Labute approximate surface area is 118 Å². The standard InChI is InChI=1S/C14H19ClN4/c1-9(2)19-14(12(15)8-17-19)13(18-16)11-6-4-10(3)5-7-11/h4-9,13,18H,16H2,1-3H3. The van der Waals surface area contributed by atoms with Crippen molar-refractivity contribution in [2.75, 3.05) is 0 Å². The minimum Gasteiger partial charge on any atom is -0.271 e. The number of rotatable bonds is 4. The number of hydrazine groups is 1. The number of halogens is 1. The summed E-state index contributed by atoms with van der Waals surface area (Å²) in [5, 5.41) is 4.94. The van der Waals surface area contributed by atoms with E-state index in [9.17, 15) is 0 Å². The van der Waals surface area contributed by atoms with E-state index in [0.29, 0.717) is 5.02 Å². The van der Waals surface area contributed by atoms with Gasteiger partial charge in [0.05, 0.1) is 23.0 Å². The molecule has 102 valence electrons. The lowest BCUT2D eigenvalue weighted by Gasteiger charge is -2.20. The Morgan fingerprint density at radius 3 is 2.42 bits per heavy atom. The molecule has 1 heterocycles. The molecule has 0 aliphatic rings. The lowest BCUT2D eigenvalue weighted by Crippen LogP contribution is -2.31. The molecule has 0 bridgehead atoms. The number of nitrogens with zero attached hydrogens (tertiary/aromatic N) is 2. The third-order valence-corrected chi connectivity index (χ3v) is 3.42. The van der Waals surface area contributed by atoms with Crippen LogP contribution in [0.5, 0.6) is 0 Å². The van der Waals surface area contributed by atoms with E-state index in [0.717, 1.165) is 11.3 Å². The molecule has 1 atom stereocenters. The molecule has 0 radical (unpaired) electrons. The van der Waals surface area contributed by atoms with Crippen molar-refractivity contribution in [2.45, 2.75) is 32.9 Å². The Morgan fingerprint density at radius 2 is 1.89 bits per heavy atom. The van der Waals surface area contributed by atoms with E-state index in [1.54, 1.807) is 6.20 Å². The summed E-state index contributed by atoms with van der Waals surface area (Å²) in [6.07, 6.45) is 1.66. The summed E-state index contributed by atoms with van der Waals surface area (Å²) >= 11 is 6.26. The number of aromatic nitrogens is 2. The quantitative estimate of drug-likeness (QED) is 0.668. The summed E-state index contributed by atoms with van der Waals surface area (Å²) in [5.74, 6) is 5.72. The summed E-state index contributed by atoms with van der Waals surface area (Å²) in [5.41, 5.74) is 6.00. The fraction of sp³-hybridized carbons (Fsp3) is 0.357. The van der Waals surface area contributed by atoms with E-state index < -0.39 is 0 Å². The molecule has 5 heteroatoms. The van der Waals surface area contributed by atoms with Gasteiger partial charge in [-0.25, -0.2) is 5.43 Å². The van der Waals surface area contributed by atoms with Crippen molar-refractivity contribution in [3.8, 4) is 0 Å². The zero-order chi connectivity index (χ0) is 14.0. The summed E-state index contributed by atoms with van der Waals surface area (Å²) in [6.45, 7) is 6.19. The van der Waals surface area contributed by atoms with Crippen LogP contribution < -0.4 is 11.3 Å². The van der Waals surface area contributed by atoms with Crippen LogP contribution in [0, 0.1) is 6.92 Å². The minimum absolute atomic E-state index is 0.169.